The summed E-state index contributed by atoms with van der Waals surface area (Å²) in [4.78, 5) is 27.5. The third kappa shape index (κ3) is 5.64. The number of imide groups is 1. The number of hydrogen-bond acceptors (Lipinski definition) is 6. The molecule has 0 spiro atoms. The molecule has 0 aliphatic rings. The summed E-state index contributed by atoms with van der Waals surface area (Å²) in [6.07, 6.45) is 0. The molecule has 0 aliphatic carbocycles. The number of ether oxygens (including phenoxy) is 1. The number of amides is 3. The van der Waals surface area contributed by atoms with E-state index in [1.165, 1.54) is 0 Å². The first-order valence-corrected chi connectivity index (χ1v) is 8.75. The average molecular weight is 384 g/mol. The van der Waals surface area contributed by atoms with E-state index < -0.39 is 11.9 Å². The molecule has 0 saturated carbocycles. The van der Waals surface area contributed by atoms with Crippen LogP contribution >= 0.6 is 23.4 Å². The van der Waals surface area contributed by atoms with E-state index in [2.05, 4.69) is 25.8 Å². The maximum absolute atomic E-state index is 11.7. The summed E-state index contributed by atoms with van der Waals surface area (Å²) in [5.41, 5.74) is 0.662. The number of rotatable bonds is 6. The Labute approximate surface area is 154 Å². The minimum Gasteiger partial charge on any atom is -0.496 e. The molecule has 0 unspecified atom stereocenters. The Balaban J connectivity index is 1.97. The number of halogens is 1. The number of carbonyl (C=O) groups excluding carboxylic acids is 2. The molecule has 1 aromatic heterocycles. The van der Waals surface area contributed by atoms with Crippen LogP contribution in [-0.2, 0) is 4.79 Å². The number of carbonyl (C=O) groups is 2. The van der Waals surface area contributed by atoms with Crippen molar-refractivity contribution in [2.75, 3.05) is 12.9 Å². The number of nitrogens with one attached hydrogen (secondary N) is 3. The molecule has 0 atom stereocenters. The van der Waals surface area contributed by atoms with Crippen molar-refractivity contribution in [3.63, 3.8) is 0 Å². The van der Waals surface area contributed by atoms with Gasteiger partial charge in [-0.15, -0.1) is 5.10 Å². The van der Waals surface area contributed by atoms with Crippen LogP contribution in [0.3, 0.4) is 0 Å². The number of aromatic nitrogens is 3. The van der Waals surface area contributed by atoms with Crippen molar-refractivity contribution in [2.45, 2.75) is 25.0 Å². The summed E-state index contributed by atoms with van der Waals surface area (Å²) >= 11 is 7.11. The highest BCUT2D eigenvalue weighted by molar-refractivity contribution is 7.99. The predicted octanol–water partition coefficient (Wildman–Crippen LogP) is 2.46. The highest BCUT2D eigenvalue weighted by Gasteiger charge is 2.14. The van der Waals surface area contributed by atoms with Gasteiger partial charge in [0.05, 0.1) is 18.4 Å². The first kappa shape index (κ1) is 19.1. The van der Waals surface area contributed by atoms with Crippen molar-refractivity contribution in [1.82, 2.24) is 25.8 Å². The number of aromatic amines is 1. The van der Waals surface area contributed by atoms with Gasteiger partial charge in [0.25, 0.3) is 0 Å². The van der Waals surface area contributed by atoms with Gasteiger partial charge in [-0.2, -0.15) is 0 Å². The number of H-pyrrole nitrogens is 1. The second kappa shape index (κ2) is 8.72. The second-order valence-corrected chi connectivity index (χ2v) is 6.66. The van der Waals surface area contributed by atoms with Gasteiger partial charge in [0, 0.05) is 11.1 Å². The topological polar surface area (TPSA) is 109 Å². The molecule has 0 fully saturated rings. The van der Waals surface area contributed by atoms with E-state index in [-0.39, 0.29) is 11.8 Å². The fourth-order valence-corrected chi connectivity index (χ4v) is 2.66. The van der Waals surface area contributed by atoms with Crippen LogP contribution in [0.1, 0.15) is 13.8 Å². The van der Waals surface area contributed by atoms with Crippen LogP contribution < -0.4 is 15.4 Å². The maximum atomic E-state index is 11.7. The van der Waals surface area contributed by atoms with Crippen molar-refractivity contribution in [1.29, 1.82) is 0 Å². The fraction of sp³-hybridized carbons (Fsp3) is 0.333. The second-order valence-electron chi connectivity index (χ2n) is 5.28. The highest BCUT2D eigenvalue weighted by Crippen LogP contribution is 2.31. The average Bonchev–Trinajstić information content (AvgIpc) is 3.00. The lowest BCUT2D eigenvalue weighted by Crippen LogP contribution is -2.43. The standard InChI is InChI=1S/C15H18ClN5O3S/c1-8(2)17-14(23)18-12(22)7-25-15-19-13(20-21-15)10-6-9(16)4-5-11(10)24-3/h4-6,8H,7H2,1-3H3,(H,19,20,21)(H2,17,18,22,23). The summed E-state index contributed by atoms with van der Waals surface area (Å²) in [7, 11) is 1.55. The van der Waals surface area contributed by atoms with Gasteiger partial charge in [0.1, 0.15) is 5.75 Å². The number of urea groups is 1. The summed E-state index contributed by atoms with van der Waals surface area (Å²) in [6.45, 7) is 3.61. The van der Waals surface area contributed by atoms with E-state index in [0.29, 0.717) is 27.3 Å². The molecule has 3 amide bonds. The van der Waals surface area contributed by atoms with Gasteiger partial charge in [0.15, 0.2) is 5.82 Å². The summed E-state index contributed by atoms with van der Waals surface area (Å²) in [5.74, 6) is 0.644. The molecule has 0 aliphatic heterocycles. The largest absolute Gasteiger partial charge is 0.496 e. The van der Waals surface area contributed by atoms with Crippen LogP contribution in [0.15, 0.2) is 23.4 Å². The Kier molecular flexibility index (Phi) is 6.65. The molecule has 8 nitrogen and oxygen atoms in total. The van der Waals surface area contributed by atoms with E-state index in [1.807, 2.05) is 0 Å². The molecule has 10 heteroatoms. The third-order valence-electron chi connectivity index (χ3n) is 2.89. The Morgan fingerprint density at radius 3 is 2.84 bits per heavy atom. The first-order chi connectivity index (χ1) is 11.9. The molecule has 0 saturated heterocycles. The smallest absolute Gasteiger partial charge is 0.321 e. The van der Waals surface area contributed by atoms with Crippen LogP contribution in [0.25, 0.3) is 11.4 Å². The monoisotopic (exact) mass is 383 g/mol. The SMILES string of the molecule is COc1ccc(Cl)cc1-c1nc(SCC(=O)NC(=O)NC(C)C)n[nH]1. The number of methoxy groups -OCH3 is 1. The van der Waals surface area contributed by atoms with Crippen molar-refractivity contribution in [2.24, 2.45) is 0 Å². The van der Waals surface area contributed by atoms with Gasteiger partial charge < -0.3 is 10.1 Å². The molecule has 2 rings (SSSR count). The first-order valence-electron chi connectivity index (χ1n) is 7.38. The zero-order valence-corrected chi connectivity index (χ0v) is 15.5. The maximum Gasteiger partial charge on any atom is 0.321 e. The van der Waals surface area contributed by atoms with Crippen LogP contribution in [-0.4, -0.2) is 46.0 Å². The molecule has 3 N–H and O–H groups in total. The molecular formula is C15H18ClN5O3S. The van der Waals surface area contributed by atoms with Crippen LogP contribution in [0.5, 0.6) is 5.75 Å². The van der Waals surface area contributed by atoms with Crippen molar-refractivity contribution >= 4 is 35.3 Å². The molecule has 0 bridgehead atoms. The molecule has 2 aromatic rings. The fourth-order valence-electron chi connectivity index (χ4n) is 1.89. The van der Waals surface area contributed by atoms with E-state index in [4.69, 9.17) is 16.3 Å². The highest BCUT2D eigenvalue weighted by atomic mass is 35.5. The zero-order valence-electron chi connectivity index (χ0n) is 13.9. The van der Waals surface area contributed by atoms with E-state index >= 15 is 0 Å². The van der Waals surface area contributed by atoms with Gasteiger partial charge in [-0.3, -0.25) is 15.2 Å². The number of benzene rings is 1. The lowest BCUT2D eigenvalue weighted by Gasteiger charge is -2.08. The van der Waals surface area contributed by atoms with Crippen molar-refractivity contribution < 1.29 is 14.3 Å². The summed E-state index contributed by atoms with van der Waals surface area (Å²) < 4.78 is 5.28. The van der Waals surface area contributed by atoms with Crippen LogP contribution in [0.2, 0.25) is 5.02 Å². The molecule has 1 heterocycles. The summed E-state index contributed by atoms with van der Waals surface area (Å²) in [5, 5.41) is 12.5. The number of hydrogen-bond donors (Lipinski definition) is 3. The Morgan fingerprint density at radius 1 is 1.40 bits per heavy atom. The minimum atomic E-state index is -0.528. The van der Waals surface area contributed by atoms with Crippen LogP contribution in [0, 0.1) is 0 Å². The van der Waals surface area contributed by atoms with Gasteiger partial charge in [-0.25, -0.2) is 9.78 Å². The van der Waals surface area contributed by atoms with E-state index in [9.17, 15) is 9.59 Å². The van der Waals surface area contributed by atoms with E-state index in [0.717, 1.165) is 11.8 Å². The van der Waals surface area contributed by atoms with Crippen LogP contribution in [0.4, 0.5) is 4.79 Å². The van der Waals surface area contributed by atoms with Gasteiger partial charge in [0.2, 0.25) is 11.1 Å². The Morgan fingerprint density at radius 2 is 2.16 bits per heavy atom. The molecule has 134 valence electrons. The predicted molar refractivity (Wildman–Crippen MR) is 95.9 cm³/mol. The molecular weight excluding hydrogens is 366 g/mol. The molecule has 0 radical (unpaired) electrons. The van der Waals surface area contributed by atoms with Gasteiger partial charge in [-0.1, -0.05) is 23.4 Å². The number of nitrogens with zero attached hydrogens (tertiary/aromatic N) is 2. The van der Waals surface area contributed by atoms with Crippen molar-refractivity contribution in [3.05, 3.63) is 23.2 Å². The third-order valence-corrected chi connectivity index (χ3v) is 3.97. The van der Waals surface area contributed by atoms with Gasteiger partial charge >= 0.3 is 6.03 Å². The quantitative estimate of drug-likeness (QED) is 0.661. The Hall–Kier alpha value is -2.26. The summed E-state index contributed by atoms with van der Waals surface area (Å²) in [6, 6.07) is 4.57. The minimum absolute atomic E-state index is 0.00941. The molecule has 1 aromatic carbocycles. The lowest BCUT2D eigenvalue weighted by molar-refractivity contribution is -0.117. The normalized spacial score (nSPS) is 10.6. The number of thioether (sulfide) groups is 1. The zero-order chi connectivity index (χ0) is 18.4. The lowest BCUT2D eigenvalue weighted by atomic mass is 10.2. The Bertz CT molecular complexity index is 765. The van der Waals surface area contributed by atoms with Gasteiger partial charge in [-0.05, 0) is 32.0 Å². The van der Waals surface area contributed by atoms with Crippen molar-refractivity contribution in [3.8, 4) is 17.1 Å². The molecule has 25 heavy (non-hydrogen) atoms. The van der Waals surface area contributed by atoms with E-state index in [1.54, 1.807) is 39.2 Å².